The Hall–Kier alpha value is -1.36. The van der Waals surface area contributed by atoms with Gasteiger partial charge in [-0.25, -0.2) is 0 Å². The van der Waals surface area contributed by atoms with Gasteiger partial charge in [0.05, 0.1) is 21.4 Å². The number of hydrogen-bond donors (Lipinski definition) is 2. The van der Waals surface area contributed by atoms with Crippen LogP contribution in [-0.2, 0) is 15.6 Å². The molecular formula is C12H18N2O2S. The van der Waals surface area contributed by atoms with E-state index in [1.54, 1.807) is 6.07 Å². The van der Waals surface area contributed by atoms with E-state index in [-0.39, 0.29) is 12.3 Å². The lowest BCUT2D eigenvalue weighted by Crippen LogP contribution is -2.24. The molecule has 0 heterocycles. The average Bonchev–Trinajstić information content (AvgIpc) is 2.30. The highest BCUT2D eigenvalue weighted by Gasteiger charge is 2.11. The molecule has 0 fully saturated rings. The number of nitrogens with one attached hydrogen (secondary N) is 1. The number of para-hydroxylation sites is 1. The molecule has 0 aliphatic heterocycles. The summed E-state index contributed by atoms with van der Waals surface area (Å²) in [6.45, 7) is 4.32. The second-order valence-electron chi connectivity index (χ2n) is 3.74. The van der Waals surface area contributed by atoms with Crippen LogP contribution >= 0.6 is 0 Å². The molecule has 0 saturated carbocycles. The van der Waals surface area contributed by atoms with Crippen LogP contribution < -0.4 is 11.1 Å². The number of rotatable bonds is 5. The molecule has 0 saturated heterocycles. The normalized spacial score (nSPS) is 12.1. The van der Waals surface area contributed by atoms with Gasteiger partial charge in [-0.2, -0.15) is 0 Å². The molecule has 0 aromatic heterocycles. The molecule has 3 N–H and O–H groups in total. The summed E-state index contributed by atoms with van der Waals surface area (Å²) in [5.41, 5.74) is 7.32. The summed E-state index contributed by atoms with van der Waals surface area (Å²) >= 11 is 0. The topological polar surface area (TPSA) is 72.2 Å². The number of amides is 1. The molecule has 1 amide bonds. The first kappa shape index (κ1) is 13.7. The van der Waals surface area contributed by atoms with Gasteiger partial charge in [-0.1, -0.05) is 12.1 Å². The number of nitrogens with two attached hydrogens (primary N) is 1. The Balaban J connectivity index is 2.64. The molecule has 0 bridgehead atoms. The molecule has 1 atom stereocenters. The maximum atomic E-state index is 12.0. The summed E-state index contributed by atoms with van der Waals surface area (Å²) < 4.78 is 12.0. The van der Waals surface area contributed by atoms with Crippen molar-refractivity contribution >= 4 is 22.4 Å². The standard InChI is InChI=1S/C12H18N2O2S/c1-3-14-11(15)7-8-17(16)10-6-4-5-9(2)12(10)13/h4-6H,3,7-8,13H2,1-2H3,(H,14,15). The Labute approximate surface area is 104 Å². The minimum Gasteiger partial charge on any atom is -0.398 e. The van der Waals surface area contributed by atoms with Gasteiger partial charge in [-0.05, 0) is 25.5 Å². The van der Waals surface area contributed by atoms with E-state index in [9.17, 15) is 9.00 Å². The van der Waals surface area contributed by atoms with Gasteiger partial charge < -0.3 is 11.1 Å². The highest BCUT2D eigenvalue weighted by Crippen LogP contribution is 2.20. The summed E-state index contributed by atoms with van der Waals surface area (Å²) in [4.78, 5) is 11.9. The van der Waals surface area contributed by atoms with Crippen LogP contribution in [0.15, 0.2) is 23.1 Å². The zero-order valence-corrected chi connectivity index (χ0v) is 11.0. The molecule has 0 spiro atoms. The first-order valence-corrected chi connectivity index (χ1v) is 6.88. The smallest absolute Gasteiger partial charge is 0.220 e. The molecule has 1 aromatic carbocycles. The van der Waals surface area contributed by atoms with Crippen LogP contribution in [0.3, 0.4) is 0 Å². The molecule has 0 radical (unpaired) electrons. The van der Waals surface area contributed by atoms with Crippen molar-refractivity contribution in [2.24, 2.45) is 0 Å². The van der Waals surface area contributed by atoms with Crippen molar-refractivity contribution < 1.29 is 9.00 Å². The molecule has 17 heavy (non-hydrogen) atoms. The summed E-state index contributed by atoms with van der Waals surface area (Å²) in [5, 5.41) is 2.67. The zero-order chi connectivity index (χ0) is 12.8. The summed E-state index contributed by atoms with van der Waals surface area (Å²) in [6, 6.07) is 5.45. The van der Waals surface area contributed by atoms with Crippen LogP contribution in [-0.4, -0.2) is 22.4 Å². The van der Waals surface area contributed by atoms with Crippen molar-refractivity contribution in [2.45, 2.75) is 25.2 Å². The number of carbonyl (C=O) groups excluding carboxylic acids is 1. The Morgan fingerprint density at radius 2 is 2.18 bits per heavy atom. The minimum absolute atomic E-state index is 0.0768. The second kappa shape index (κ2) is 6.39. The number of hydrogen-bond acceptors (Lipinski definition) is 3. The molecule has 94 valence electrons. The van der Waals surface area contributed by atoms with Crippen LogP contribution in [0.4, 0.5) is 5.69 Å². The van der Waals surface area contributed by atoms with Crippen molar-refractivity contribution in [1.82, 2.24) is 5.32 Å². The van der Waals surface area contributed by atoms with Crippen LogP contribution in [0.2, 0.25) is 0 Å². The molecule has 0 aliphatic carbocycles. The fraction of sp³-hybridized carbons (Fsp3) is 0.417. The third-order valence-corrected chi connectivity index (χ3v) is 3.84. The highest BCUT2D eigenvalue weighted by molar-refractivity contribution is 7.85. The Kier molecular flexibility index (Phi) is 5.15. The lowest BCUT2D eigenvalue weighted by Gasteiger charge is -2.08. The maximum absolute atomic E-state index is 12.0. The van der Waals surface area contributed by atoms with Gasteiger partial charge in [-0.3, -0.25) is 9.00 Å². The van der Waals surface area contributed by atoms with Crippen LogP contribution in [0.25, 0.3) is 0 Å². The number of carbonyl (C=O) groups is 1. The minimum atomic E-state index is -1.22. The first-order chi connectivity index (χ1) is 8.06. The van der Waals surface area contributed by atoms with E-state index in [4.69, 9.17) is 5.73 Å². The van der Waals surface area contributed by atoms with Gasteiger partial charge >= 0.3 is 0 Å². The second-order valence-corrected chi connectivity index (χ2v) is 5.28. The number of aryl methyl sites for hydroxylation is 1. The van der Waals surface area contributed by atoms with E-state index in [1.807, 2.05) is 26.0 Å². The quantitative estimate of drug-likeness (QED) is 0.776. The maximum Gasteiger partial charge on any atom is 0.220 e. The fourth-order valence-corrected chi connectivity index (χ4v) is 2.66. The monoisotopic (exact) mass is 254 g/mol. The van der Waals surface area contributed by atoms with Gasteiger partial charge in [0.25, 0.3) is 0 Å². The summed E-state index contributed by atoms with van der Waals surface area (Å²) in [7, 11) is -1.22. The lowest BCUT2D eigenvalue weighted by atomic mass is 10.2. The molecule has 1 unspecified atom stereocenters. The molecule has 0 aliphatic rings. The van der Waals surface area contributed by atoms with Crippen molar-refractivity contribution in [2.75, 3.05) is 18.0 Å². The van der Waals surface area contributed by atoms with Crippen LogP contribution in [0.5, 0.6) is 0 Å². The van der Waals surface area contributed by atoms with Crippen molar-refractivity contribution in [3.8, 4) is 0 Å². The third kappa shape index (κ3) is 3.85. The molecule has 1 rings (SSSR count). The first-order valence-electron chi connectivity index (χ1n) is 5.56. The van der Waals surface area contributed by atoms with Crippen LogP contribution in [0.1, 0.15) is 18.9 Å². The predicted octanol–water partition coefficient (Wildman–Crippen LogP) is 1.21. The number of benzene rings is 1. The van der Waals surface area contributed by atoms with Crippen molar-refractivity contribution in [3.05, 3.63) is 23.8 Å². The van der Waals surface area contributed by atoms with Gasteiger partial charge in [0.2, 0.25) is 5.91 Å². The number of nitrogen functional groups attached to an aromatic ring is 1. The van der Waals surface area contributed by atoms with E-state index in [2.05, 4.69) is 5.32 Å². The number of anilines is 1. The lowest BCUT2D eigenvalue weighted by molar-refractivity contribution is -0.120. The molecule has 4 nitrogen and oxygen atoms in total. The summed E-state index contributed by atoms with van der Waals surface area (Å²) in [6.07, 6.45) is 0.258. The highest BCUT2D eigenvalue weighted by atomic mass is 32.2. The van der Waals surface area contributed by atoms with Gasteiger partial charge in [0.15, 0.2) is 0 Å². The van der Waals surface area contributed by atoms with E-state index >= 15 is 0 Å². The molecule has 1 aromatic rings. The average molecular weight is 254 g/mol. The zero-order valence-electron chi connectivity index (χ0n) is 10.2. The fourth-order valence-electron chi connectivity index (χ4n) is 1.43. The molecular weight excluding hydrogens is 236 g/mol. The van der Waals surface area contributed by atoms with Gasteiger partial charge in [0.1, 0.15) is 0 Å². The molecule has 5 heteroatoms. The van der Waals surface area contributed by atoms with Crippen LogP contribution in [0, 0.1) is 6.92 Å². The van der Waals surface area contributed by atoms with E-state index in [0.29, 0.717) is 22.9 Å². The van der Waals surface area contributed by atoms with Gasteiger partial charge in [0, 0.05) is 18.7 Å². The predicted molar refractivity (Wildman–Crippen MR) is 70.2 cm³/mol. The van der Waals surface area contributed by atoms with Crippen molar-refractivity contribution in [3.63, 3.8) is 0 Å². The van der Waals surface area contributed by atoms with Gasteiger partial charge in [-0.15, -0.1) is 0 Å². The Morgan fingerprint density at radius 3 is 2.82 bits per heavy atom. The Morgan fingerprint density at radius 1 is 1.47 bits per heavy atom. The van der Waals surface area contributed by atoms with Crippen molar-refractivity contribution in [1.29, 1.82) is 0 Å². The largest absolute Gasteiger partial charge is 0.398 e. The van der Waals surface area contributed by atoms with E-state index < -0.39 is 10.8 Å². The summed E-state index contributed by atoms with van der Waals surface area (Å²) in [5.74, 6) is 0.228. The Bertz CT molecular complexity index is 433. The third-order valence-electron chi connectivity index (χ3n) is 2.42. The SMILES string of the molecule is CCNC(=O)CCS(=O)c1cccc(C)c1N. The van der Waals surface area contributed by atoms with E-state index in [1.165, 1.54) is 0 Å². The van der Waals surface area contributed by atoms with E-state index in [0.717, 1.165) is 5.56 Å².